The zero-order valence-corrected chi connectivity index (χ0v) is 12.7. The van der Waals surface area contributed by atoms with Crippen LogP contribution in [0.5, 0.6) is 0 Å². The normalized spacial score (nSPS) is 21.6. The molecule has 0 spiro atoms. The van der Waals surface area contributed by atoms with Gasteiger partial charge >= 0.3 is 6.03 Å². The van der Waals surface area contributed by atoms with Crippen LogP contribution >= 0.6 is 0 Å². The summed E-state index contributed by atoms with van der Waals surface area (Å²) in [7, 11) is 0. The van der Waals surface area contributed by atoms with Gasteiger partial charge in [-0.2, -0.15) is 0 Å². The summed E-state index contributed by atoms with van der Waals surface area (Å²) in [5.74, 6) is 1.52. The van der Waals surface area contributed by atoms with Crippen molar-refractivity contribution < 1.29 is 4.79 Å². The van der Waals surface area contributed by atoms with Crippen molar-refractivity contribution in [2.45, 2.75) is 52.7 Å². The number of anilines is 1. The second kappa shape index (κ2) is 4.33. The van der Waals surface area contributed by atoms with Gasteiger partial charge in [-0.05, 0) is 34.6 Å². The molecule has 1 atom stereocenters. The number of aliphatic imine (C=N–C) groups is 1. The maximum atomic E-state index is 12.7. The molecular formula is C14H21N5O. The maximum absolute atomic E-state index is 12.7. The number of hydrogen-bond donors (Lipinski definition) is 0. The SMILES string of the molecule is CC(C)N1C(=O)N2C(=NC[C@@H]2C)c2c1ncn2C(C)C. The zero-order valence-electron chi connectivity index (χ0n) is 12.7. The van der Waals surface area contributed by atoms with Gasteiger partial charge < -0.3 is 4.57 Å². The van der Waals surface area contributed by atoms with E-state index >= 15 is 0 Å². The smallest absolute Gasteiger partial charge is 0.324 e. The van der Waals surface area contributed by atoms with E-state index in [1.165, 1.54) is 0 Å². The molecule has 1 aromatic heterocycles. The molecule has 3 rings (SSSR count). The summed E-state index contributed by atoms with van der Waals surface area (Å²) in [6.07, 6.45) is 1.81. The number of rotatable bonds is 2. The fourth-order valence-corrected chi connectivity index (χ4v) is 2.86. The van der Waals surface area contributed by atoms with E-state index in [0.29, 0.717) is 6.54 Å². The third-order valence-electron chi connectivity index (χ3n) is 3.87. The highest BCUT2D eigenvalue weighted by Crippen LogP contribution is 2.34. The van der Waals surface area contributed by atoms with Crippen molar-refractivity contribution in [2.24, 2.45) is 4.99 Å². The molecule has 2 amide bonds. The standard InChI is InChI=1S/C14H21N5O/c1-8(2)17-7-16-13-11(17)12-15-6-10(5)19(12)14(20)18(13)9(3)4/h7-10H,6H2,1-5H3/t10-/m0/s1. The molecule has 2 aliphatic heterocycles. The molecule has 0 saturated carbocycles. The average molecular weight is 275 g/mol. The molecule has 2 aliphatic rings. The van der Waals surface area contributed by atoms with Gasteiger partial charge in [-0.25, -0.2) is 9.78 Å². The van der Waals surface area contributed by atoms with E-state index in [1.54, 1.807) is 4.90 Å². The Morgan fingerprint density at radius 1 is 1.25 bits per heavy atom. The monoisotopic (exact) mass is 275 g/mol. The molecule has 0 unspecified atom stereocenters. The number of carbonyl (C=O) groups is 1. The highest BCUT2D eigenvalue weighted by atomic mass is 16.2. The number of amides is 2. The van der Waals surface area contributed by atoms with E-state index in [-0.39, 0.29) is 24.2 Å². The van der Waals surface area contributed by atoms with E-state index in [1.807, 2.05) is 32.0 Å². The summed E-state index contributed by atoms with van der Waals surface area (Å²) in [6.45, 7) is 10.9. The van der Waals surface area contributed by atoms with Crippen LogP contribution in [0.3, 0.4) is 0 Å². The lowest BCUT2D eigenvalue weighted by Crippen LogP contribution is -2.55. The number of urea groups is 1. The molecule has 20 heavy (non-hydrogen) atoms. The van der Waals surface area contributed by atoms with Crippen molar-refractivity contribution in [1.82, 2.24) is 14.5 Å². The van der Waals surface area contributed by atoms with Crippen LogP contribution in [-0.2, 0) is 0 Å². The van der Waals surface area contributed by atoms with Crippen molar-refractivity contribution in [3.05, 3.63) is 12.0 Å². The van der Waals surface area contributed by atoms with Gasteiger partial charge in [-0.1, -0.05) is 0 Å². The largest absolute Gasteiger partial charge is 0.331 e. The maximum Gasteiger partial charge on any atom is 0.331 e. The molecule has 6 heteroatoms. The molecule has 1 aromatic rings. The summed E-state index contributed by atoms with van der Waals surface area (Å²) < 4.78 is 2.10. The van der Waals surface area contributed by atoms with E-state index < -0.39 is 0 Å². The second-order valence-electron chi connectivity index (χ2n) is 6.05. The lowest BCUT2D eigenvalue weighted by molar-refractivity contribution is 0.218. The molecule has 0 fully saturated rings. The van der Waals surface area contributed by atoms with Crippen LogP contribution in [0.15, 0.2) is 11.3 Å². The first-order chi connectivity index (χ1) is 9.43. The van der Waals surface area contributed by atoms with E-state index in [4.69, 9.17) is 0 Å². The fourth-order valence-electron chi connectivity index (χ4n) is 2.86. The Morgan fingerprint density at radius 2 is 1.95 bits per heavy atom. The Bertz CT molecular complexity index is 586. The van der Waals surface area contributed by atoms with E-state index in [0.717, 1.165) is 17.3 Å². The molecular weight excluding hydrogens is 254 g/mol. The Balaban J connectivity index is 2.22. The average Bonchev–Trinajstić information content (AvgIpc) is 2.92. The van der Waals surface area contributed by atoms with Gasteiger partial charge in [0, 0.05) is 12.1 Å². The topological polar surface area (TPSA) is 53.7 Å². The quantitative estimate of drug-likeness (QED) is 0.831. The summed E-state index contributed by atoms with van der Waals surface area (Å²) in [5, 5.41) is 0. The van der Waals surface area contributed by atoms with Crippen molar-refractivity contribution in [2.75, 3.05) is 11.4 Å². The minimum atomic E-state index is -0.00902. The number of amidine groups is 1. The van der Waals surface area contributed by atoms with Gasteiger partial charge in [-0.3, -0.25) is 14.8 Å². The fraction of sp³-hybridized carbons (Fsp3) is 0.643. The first kappa shape index (κ1) is 13.1. The van der Waals surface area contributed by atoms with Gasteiger partial charge in [0.1, 0.15) is 5.69 Å². The van der Waals surface area contributed by atoms with Crippen molar-refractivity contribution >= 4 is 17.7 Å². The van der Waals surface area contributed by atoms with Crippen molar-refractivity contribution in [3.8, 4) is 0 Å². The lowest BCUT2D eigenvalue weighted by Gasteiger charge is -2.37. The summed E-state index contributed by atoms with van der Waals surface area (Å²) >= 11 is 0. The Hall–Kier alpha value is -1.85. The van der Waals surface area contributed by atoms with E-state index in [9.17, 15) is 4.79 Å². The van der Waals surface area contributed by atoms with Crippen LogP contribution in [0.2, 0.25) is 0 Å². The molecule has 3 heterocycles. The van der Waals surface area contributed by atoms with Crippen molar-refractivity contribution in [3.63, 3.8) is 0 Å². The molecule has 6 nitrogen and oxygen atoms in total. The lowest BCUT2D eigenvalue weighted by atomic mass is 10.2. The molecule has 0 aromatic carbocycles. The summed E-state index contributed by atoms with van der Waals surface area (Å²) in [6, 6.07) is 0.465. The van der Waals surface area contributed by atoms with Crippen molar-refractivity contribution in [1.29, 1.82) is 0 Å². The molecule has 0 saturated heterocycles. The predicted molar refractivity (Wildman–Crippen MR) is 78.3 cm³/mol. The number of fused-ring (bicyclic) bond motifs is 3. The highest BCUT2D eigenvalue weighted by Gasteiger charge is 2.44. The van der Waals surface area contributed by atoms with Crippen LogP contribution in [0, 0.1) is 0 Å². The van der Waals surface area contributed by atoms with Gasteiger partial charge in [0.05, 0.1) is 18.9 Å². The van der Waals surface area contributed by atoms with Gasteiger partial charge in [0.25, 0.3) is 0 Å². The van der Waals surface area contributed by atoms with Gasteiger partial charge in [0.2, 0.25) is 0 Å². The molecule has 0 radical (unpaired) electrons. The molecule has 0 bridgehead atoms. The Kier molecular flexibility index (Phi) is 2.84. The Labute approximate surface area is 119 Å². The van der Waals surface area contributed by atoms with E-state index in [2.05, 4.69) is 28.4 Å². The third-order valence-corrected chi connectivity index (χ3v) is 3.87. The number of carbonyl (C=O) groups excluding carboxylic acids is 1. The van der Waals surface area contributed by atoms with Crippen LogP contribution in [0.1, 0.15) is 46.4 Å². The molecule has 0 aliphatic carbocycles. The van der Waals surface area contributed by atoms with Crippen LogP contribution in [0.25, 0.3) is 0 Å². The van der Waals surface area contributed by atoms with Crippen LogP contribution in [-0.4, -0.2) is 44.9 Å². The number of aromatic nitrogens is 2. The van der Waals surface area contributed by atoms with Crippen LogP contribution in [0.4, 0.5) is 10.6 Å². The van der Waals surface area contributed by atoms with Gasteiger partial charge in [-0.15, -0.1) is 0 Å². The number of hydrogen-bond acceptors (Lipinski definition) is 3. The van der Waals surface area contributed by atoms with Crippen LogP contribution < -0.4 is 4.90 Å². The predicted octanol–water partition coefficient (Wildman–Crippen LogP) is 2.26. The second-order valence-corrected chi connectivity index (χ2v) is 6.05. The summed E-state index contributed by atoms with van der Waals surface area (Å²) in [4.78, 5) is 25.4. The third kappa shape index (κ3) is 1.60. The Morgan fingerprint density at radius 3 is 2.55 bits per heavy atom. The molecule has 0 N–H and O–H groups in total. The minimum absolute atomic E-state index is 0.00902. The number of nitrogens with zero attached hydrogens (tertiary/aromatic N) is 5. The summed E-state index contributed by atoms with van der Waals surface area (Å²) in [5.41, 5.74) is 0.970. The molecule has 108 valence electrons. The highest BCUT2D eigenvalue weighted by molar-refractivity contribution is 6.18. The first-order valence-corrected chi connectivity index (χ1v) is 7.17. The van der Waals surface area contributed by atoms with Gasteiger partial charge in [0.15, 0.2) is 11.7 Å². The first-order valence-electron chi connectivity index (χ1n) is 7.17. The minimum Gasteiger partial charge on any atom is -0.324 e. The number of imidazole rings is 1. The zero-order chi connectivity index (χ0) is 14.6.